The van der Waals surface area contributed by atoms with E-state index in [4.69, 9.17) is 22.1 Å². The van der Waals surface area contributed by atoms with Gasteiger partial charge >= 0.3 is 6.01 Å². The van der Waals surface area contributed by atoms with Crippen LogP contribution >= 0.6 is 11.6 Å². The van der Waals surface area contributed by atoms with E-state index in [0.29, 0.717) is 25.0 Å². The molecule has 2 bridgehead atoms. The van der Waals surface area contributed by atoms with Crippen LogP contribution in [0.2, 0.25) is 5.02 Å². The fourth-order valence-corrected chi connectivity index (χ4v) is 7.13. The monoisotopic (exact) mass is 646 g/mol. The Hall–Kier alpha value is -3.84. The summed E-state index contributed by atoms with van der Waals surface area (Å²) in [6.45, 7) is 2.70. The quantitative estimate of drug-likeness (QED) is 0.161. The summed E-state index contributed by atoms with van der Waals surface area (Å²) >= 11 is 6.68. The van der Waals surface area contributed by atoms with Crippen LogP contribution in [0.3, 0.4) is 0 Å². The molecule has 2 aromatic carbocycles. The number of anilines is 2. The van der Waals surface area contributed by atoms with Crippen LogP contribution < -0.4 is 20.7 Å². The fourth-order valence-electron chi connectivity index (χ4n) is 6.84. The number of nitrogens with two attached hydrogens (primary N) is 1. The Bertz CT molecular complexity index is 1940. The van der Waals surface area contributed by atoms with E-state index in [9.17, 15) is 13.2 Å². The minimum absolute atomic E-state index is 0.0338. The van der Waals surface area contributed by atoms with Gasteiger partial charge < -0.3 is 20.7 Å². The van der Waals surface area contributed by atoms with Gasteiger partial charge in [0, 0.05) is 59.1 Å². The number of piperazine rings is 1. The van der Waals surface area contributed by atoms with Crippen molar-refractivity contribution in [2.75, 3.05) is 44.4 Å². The molecule has 45 heavy (non-hydrogen) atoms. The number of pyridine rings is 1. The van der Waals surface area contributed by atoms with Crippen LogP contribution in [0.5, 0.6) is 6.01 Å². The van der Waals surface area contributed by atoms with E-state index in [-0.39, 0.29) is 50.2 Å². The largest absolute Gasteiger partial charge is 0.462 e. The Labute approximate surface area is 260 Å². The summed E-state index contributed by atoms with van der Waals surface area (Å²) in [5.74, 6) is -5.76. The van der Waals surface area contributed by atoms with Crippen LogP contribution in [0.15, 0.2) is 24.3 Å². The summed E-state index contributed by atoms with van der Waals surface area (Å²) in [5.41, 5.74) is 2.75. The van der Waals surface area contributed by atoms with Crippen LogP contribution in [0.4, 0.5) is 33.6 Å². The number of hydrogen-bond acceptors (Lipinski definition) is 7. The second-order valence-electron chi connectivity index (χ2n) is 12.9. The van der Waals surface area contributed by atoms with E-state index < -0.39 is 52.9 Å². The standard InChI is InChI=1S/C31H30ClF5N7O/c1-29-7-6-15(42-29)10-44(12-29)27-17-8-18(32)22(23-20(34)9-19(33)16-4-5-21(38)39-25(16)23)24(35)26(17)40-28(41-27)45-14-30(13-43(2)3)11-31(30,36)37/h4-5,8-9,13,15,42H,6-7,10-12,14H2,1-3H3,(H2,38,39)/q+1/t15-,29-,30-/m1/s1. The summed E-state index contributed by atoms with van der Waals surface area (Å²) in [6, 6.07) is 4.56. The number of nitrogens with one attached hydrogen (secondary N) is 1. The highest BCUT2D eigenvalue weighted by atomic mass is 35.5. The topological polar surface area (TPSA) is 92.2 Å². The molecule has 14 heteroatoms. The first-order chi connectivity index (χ1) is 21.2. The predicted molar refractivity (Wildman–Crippen MR) is 162 cm³/mol. The van der Waals surface area contributed by atoms with Gasteiger partial charge in [-0.05, 0) is 38.0 Å². The highest BCUT2D eigenvalue weighted by molar-refractivity contribution is 6.35. The third-order valence-electron chi connectivity index (χ3n) is 8.98. The van der Waals surface area contributed by atoms with Crippen molar-refractivity contribution in [3.8, 4) is 17.1 Å². The Morgan fingerprint density at radius 2 is 1.84 bits per heavy atom. The van der Waals surface area contributed by atoms with Gasteiger partial charge in [-0.15, -0.1) is 0 Å². The molecular formula is C31H30ClF5N7O+. The second-order valence-corrected chi connectivity index (χ2v) is 13.3. The molecule has 236 valence electrons. The number of fused-ring (bicyclic) bond motifs is 4. The molecule has 3 fully saturated rings. The van der Waals surface area contributed by atoms with E-state index >= 15 is 8.78 Å². The number of rotatable bonds is 6. The van der Waals surface area contributed by atoms with Crippen LogP contribution in [0, 0.1) is 22.9 Å². The minimum atomic E-state index is -2.99. The zero-order chi connectivity index (χ0) is 32.1. The summed E-state index contributed by atoms with van der Waals surface area (Å²) in [4.78, 5) is 15.0. The van der Waals surface area contributed by atoms with Crippen molar-refractivity contribution in [2.45, 2.75) is 43.7 Å². The second kappa shape index (κ2) is 10.1. The average Bonchev–Trinajstić information content (AvgIpc) is 3.36. The zero-order valence-electron chi connectivity index (χ0n) is 24.7. The van der Waals surface area contributed by atoms with Gasteiger partial charge in [0.05, 0.1) is 10.5 Å². The summed E-state index contributed by atoms with van der Waals surface area (Å²) in [6.07, 6.45) is 2.83. The van der Waals surface area contributed by atoms with Crippen molar-refractivity contribution >= 4 is 51.3 Å². The molecule has 2 aliphatic heterocycles. The number of alkyl halides is 2. The van der Waals surface area contributed by atoms with Gasteiger partial charge in [-0.2, -0.15) is 9.97 Å². The smallest absolute Gasteiger partial charge is 0.319 e. The third-order valence-corrected chi connectivity index (χ3v) is 9.28. The van der Waals surface area contributed by atoms with Crippen molar-refractivity contribution in [1.29, 1.82) is 0 Å². The van der Waals surface area contributed by atoms with Gasteiger partial charge in [0.15, 0.2) is 12.0 Å². The van der Waals surface area contributed by atoms with Crippen LogP contribution in [-0.4, -0.2) is 77.0 Å². The maximum Gasteiger partial charge on any atom is 0.319 e. The Morgan fingerprint density at radius 3 is 2.53 bits per heavy atom. The highest BCUT2D eigenvalue weighted by Crippen LogP contribution is 2.59. The zero-order valence-corrected chi connectivity index (χ0v) is 25.5. The molecule has 0 unspecified atom stereocenters. The summed E-state index contributed by atoms with van der Waals surface area (Å²) in [5, 5.41) is 3.56. The molecule has 2 saturated heterocycles. The number of aromatic nitrogens is 3. The number of nitrogens with zero attached hydrogens (tertiary/aromatic N) is 5. The van der Waals surface area contributed by atoms with Gasteiger partial charge in [0.2, 0.25) is 0 Å². The molecule has 3 N–H and O–H groups in total. The SMILES string of the molecule is C[N+](C)=C[C@@]1(COc2nc(N3C[C@H]4CC[C@](C)(C3)N4)c3cc(Cl)c(-c4c(F)cc(F)c5ccc(N)nc45)c(F)c3n2)CC1(F)F. The average molecular weight is 647 g/mol. The Morgan fingerprint density at radius 1 is 1.09 bits per heavy atom. The first-order valence-corrected chi connectivity index (χ1v) is 14.9. The molecule has 3 atom stereocenters. The van der Waals surface area contributed by atoms with E-state index in [1.165, 1.54) is 29.0 Å². The highest BCUT2D eigenvalue weighted by Gasteiger charge is 2.73. The molecule has 1 aliphatic carbocycles. The van der Waals surface area contributed by atoms with Gasteiger partial charge in [0.1, 0.15) is 54.9 Å². The molecule has 0 amide bonds. The van der Waals surface area contributed by atoms with Crippen LogP contribution in [-0.2, 0) is 0 Å². The van der Waals surface area contributed by atoms with Gasteiger partial charge in [-0.25, -0.2) is 31.5 Å². The lowest BCUT2D eigenvalue weighted by molar-refractivity contribution is -0.462. The first kappa shape index (κ1) is 29.8. The van der Waals surface area contributed by atoms with E-state index in [1.54, 1.807) is 14.1 Å². The molecule has 7 rings (SSSR count). The number of hydrogen-bond donors (Lipinski definition) is 2. The van der Waals surface area contributed by atoms with Crippen molar-refractivity contribution in [2.24, 2.45) is 5.41 Å². The van der Waals surface area contributed by atoms with Crippen molar-refractivity contribution in [3.05, 3.63) is 46.7 Å². The third kappa shape index (κ3) is 4.91. The molecule has 3 aliphatic rings. The first-order valence-electron chi connectivity index (χ1n) is 14.5. The lowest BCUT2D eigenvalue weighted by Gasteiger charge is -2.40. The molecule has 0 radical (unpaired) electrons. The van der Waals surface area contributed by atoms with E-state index in [1.807, 2.05) is 4.90 Å². The maximum atomic E-state index is 16.8. The van der Waals surface area contributed by atoms with Crippen LogP contribution in [0.1, 0.15) is 26.2 Å². The van der Waals surface area contributed by atoms with Crippen molar-refractivity contribution < 1.29 is 31.3 Å². The molecule has 2 aromatic heterocycles. The predicted octanol–water partition coefficient (Wildman–Crippen LogP) is 5.58. The number of benzene rings is 2. The van der Waals surface area contributed by atoms with Gasteiger partial charge in [0.25, 0.3) is 5.92 Å². The van der Waals surface area contributed by atoms with Crippen molar-refractivity contribution in [1.82, 2.24) is 20.3 Å². The normalized spacial score (nSPS) is 25.2. The molecule has 8 nitrogen and oxygen atoms in total. The maximum absolute atomic E-state index is 16.8. The minimum Gasteiger partial charge on any atom is -0.462 e. The van der Waals surface area contributed by atoms with Crippen LogP contribution in [0.25, 0.3) is 32.9 Å². The summed E-state index contributed by atoms with van der Waals surface area (Å²) < 4.78 is 83.3. The number of ether oxygens (including phenoxy) is 1. The molecule has 4 heterocycles. The molecule has 1 saturated carbocycles. The lowest BCUT2D eigenvalue weighted by Crippen LogP contribution is -2.58. The van der Waals surface area contributed by atoms with Gasteiger partial charge in [-0.1, -0.05) is 11.6 Å². The molecule has 0 spiro atoms. The Kier molecular flexibility index (Phi) is 6.69. The number of nitrogen functional groups attached to an aromatic ring is 1. The number of halogens is 6. The molecule has 4 aromatic rings. The van der Waals surface area contributed by atoms with Gasteiger partial charge in [-0.3, -0.25) is 0 Å². The lowest BCUT2D eigenvalue weighted by atomic mass is 9.97. The Balaban J connectivity index is 1.42. The fraction of sp³-hybridized carbons (Fsp3) is 0.419. The van der Waals surface area contributed by atoms with E-state index in [2.05, 4.69) is 27.2 Å². The molecular weight excluding hydrogens is 617 g/mol. The summed E-state index contributed by atoms with van der Waals surface area (Å²) in [7, 11) is 3.28. The van der Waals surface area contributed by atoms with Crippen molar-refractivity contribution in [3.63, 3.8) is 0 Å². The van der Waals surface area contributed by atoms with E-state index in [0.717, 1.165) is 12.8 Å².